The number of halogens is 1. The van der Waals surface area contributed by atoms with Crippen LogP contribution in [0.3, 0.4) is 0 Å². The second-order valence-electron chi connectivity index (χ2n) is 9.97. The number of anilines is 2. The first-order valence-corrected chi connectivity index (χ1v) is 13.1. The fraction of sp³-hybridized carbons (Fsp3) is 0.267. The summed E-state index contributed by atoms with van der Waals surface area (Å²) in [4.78, 5) is 52.7. The number of carbonyl (C=O) groups is 4. The lowest BCUT2D eigenvalue weighted by atomic mass is 9.83. The van der Waals surface area contributed by atoms with Gasteiger partial charge in [-0.05, 0) is 60.9 Å². The van der Waals surface area contributed by atoms with Gasteiger partial charge in [-0.2, -0.15) is 0 Å². The quantitative estimate of drug-likeness (QED) is 0.410. The number of piperidine rings is 1. The van der Waals surface area contributed by atoms with Gasteiger partial charge in [0, 0.05) is 29.8 Å². The summed E-state index contributed by atoms with van der Waals surface area (Å²) in [7, 11) is 1.25. The minimum atomic E-state index is -1.21. The SMILES string of the molecule is COC(=O)Nc1ccc(C(=O)N[C@@H](Cc2ccccc2)C(=O)N2CCC[C@@]3(C2)OC(=O)Nc2ccc(F)cc23)cc1. The molecule has 0 aliphatic carbocycles. The predicted octanol–water partition coefficient (Wildman–Crippen LogP) is 4.43. The van der Waals surface area contributed by atoms with Crippen molar-refractivity contribution in [2.45, 2.75) is 30.9 Å². The first-order chi connectivity index (χ1) is 19.8. The lowest BCUT2D eigenvalue weighted by molar-refractivity contribution is -0.141. The minimum Gasteiger partial charge on any atom is -0.453 e. The number of methoxy groups -OCH3 is 1. The summed E-state index contributed by atoms with van der Waals surface area (Å²) >= 11 is 0. The maximum Gasteiger partial charge on any atom is 0.412 e. The van der Waals surface area contributed by atoms with Gasteiger partial charge >= 0.3 is 12.2 Å². The summed E-state index contributed by atoms with van der Waals surface area (Å²) in [5.41, 5.74) is 1.28. The summed E-state index contributed by atoms with van der Waals surface area (Å²) in [6.45, 7) is 0.399. The van der Waals surface area contributed by atoms with Crippen molar-refractivity contribution in [1.29, 1.82) is 0 Å². The van der Waals surface area contributed by atoms with Gasteiger partial charge in [-0.25, -0.2) is 14.0 Å². The number of nitrogens with one attached hydrogen (secondary N) is 3. The second-order valence-corrected chi connectivity index (χ2v) is 9.97. The molecule has 3 aromatic rings. The molecule has 0 saturated carbocycles. The number of nitrogens with zero attached hydrogens (tertiary/aromatic N) is 1. The Bertz CT molecular complexity index is 1470. The van der Waals surface area contributed by atoms with Gasteiger partial charge in [-0.3, -0.25) is 20.2 Å². The first-order valence-electron chi connectivity index (χ1n) is 13.1. The third-order valence-electron chi connectivity index (χ3n) is 7.23. The Morgan fingerprint density at radius 2 is 1.85 bits per heavy atom. The van der Waals surface area contributed by atoms with Crippen molar-refractivity contribution < 1.29 is 33.0 Å². The van der Waals surface area contributed by atoms with Crippen LogP contribution >= 0.6 is 0 Å². The molecule has 11 heteroatoms. The molecule has 0 bridgehead atoms. The normalized spacial score (nSPS) is 18.4. The average molecular weight is 561 g/mol. The van der Waals surface area contributed by atoms with Gasteiger partial charge in [0.25, 0.3) is 5.91 Å². The minimum absolute atomic E-state index is 0.0186. The van der Waals surface area contributed by atoms with Crippen LogP contribution in [0, 0.1) is 5.82 Å². The number of amides is 4. The number of likely N-dealkylation sites (tertiary alicyclic amines) is 1. The number of hydrogen-bond donors (Lipinski definition) is 3. The maximum atomic E-state index is 14.2. The van der Waals surface area contributed by atoms with E-state index < -0.39 is 35.6 Å². The molecule has 3 N–H and O–H groups in total. The van der Waals surface area contributed by atoms with Crippen LogP contribution in [0.5, 0.6) is 0 Å². The Kier molecular flexibility index (Phi) is 7.86. The predicted molar refractivity (Wildman–Crippen MR) is 148 cm³/mol. The molecule has 0 radical (unpaired) electrons. The average Bonchev–Trinajstić information content (AvgIpc) is 2.97. The molecule has 41 heavy (non-hydrogen) atoms. The monoisotopic (exact) mass is 560 g/mol. The summed E-state index contributed by atoms with van der Waals surface area (Å²) in [5, 5.41) is 7.97. The van der Waals surface area contributed by atoms with E-state index in [0.29, 0.717) is 36.3 Å². The molecule has 10 nitrogen and oxygen atoms in total. The third kappa shape index (κ3) is 6.13. The largest absolute Gasteiger partial charge is 0.453 e. The van der Waals surface area contributed by atoms with Gasteiger partial charge in [0.1, 0.15) is 11.9 Å². The Morgan fingerprint density at radius 1 is 1.10 bits per heavy atom. The fourth-order valence-corrected chi connectivity index (χ4v) is 5.27. The summed E-state index contributed by atoms with van der Waals surface area (Å²) in [5.74, 6) is -1.30. The highest BCUT2D eigenvalue weighted by molar-refractivity contribution is 5.98. The van der Waals surface area contributed by atoms with Crippen LogP contribution in [0.4, 0.5) is 25.4 Å². The highest BCUT2D eigenvalue weighted by Crippen LogP contribution is 2.42. The summed E-state index contributed by atoms with van der Waals surface area (Å²) in [6.07, 6.45) is -0.154. The van der Waals surface area contributed by atoms with Crippen molar-refractivity contribution in [3.8, 4) is 0 Å². The van der Waals surface area contributed by atoms with E-state index >= 15 is 0 Å². The van der Waals surface area contributed by atoms with Gasteiger partial charge in [0.2, 0.25) is 5.91 Å². The van der Waals surface area contributed by atoms with E-state index in [0.717, 1.165) is 5.56 Å². The number of ether oxygens (including phenoxy) is 2. The van der Waals surface area contributed by atoms with Crippen LogP contribution < -0.4 is 16.0 Å². The molecule has 2 aliphatic rings. The Morgan fingerprint density at radius 3 is 2.59 bits per heavy atom. The molecule has 4 amide bonds. The highest BCUT2D eigenvalue weighted by atomic mass is 19.1. The van der Waals surface area contributed by atoms with E-state index in [2.05, 4.69) is 20.7 Å². The van der Waals surface area contributed by atoms with Crippen LogP contribution in [0.1, 0.15) is 34.3 Å². The van der Waals surface area contributed by atoms with Crippen molar-refractivity contribution in [3.63, 3.8) is 0 Å². The smallest absolute Gasteiger partial charge is 0.412 e. The Balaban J connectivity index is 1.38. The third-order valence-corrected chi connectivity index (χ3v) is 7.23. The van der Waals surface area contributed by atoms with Crippen molar-refractivity contribution in [2.24, 2.45) is 0 Å². The number of fused-ring (bicyclic) bond motifs is 2. The zero-order valence-electron chi connectivity index (χ0n) is 22.3. The maximum absolute atomic E-state index is 14.2. The van der Waals surface area contributed by atoms with Crippen molar-refractivity contribution >= 4 is 35.4 Å². The standard InChI is InChI=1S/C30H29FN4O6/c1-40-28(38)32-22-11-8-20(9-12-22)26(36)33-25(16-19-6-3-2-4-7-19)27(37)35-15-5-14-30(18-35)23-17-21(31)10-13-24(23)34-29(39)41-30/h2-4,6-13,17,25H,5,14-16,18H2,1H3,(H,32,38)(H,33,36)(H,34,39)/t25-,30-/m0/s1. The molecule has 212 valence electrons. The van der Waals surface area contributed by atoms with Crippen LogP contribution in [-0.4, -0.2) is 55.1 Å². The molecule has 1 spiro atoms. The lowest BCUT2D eigenvalue weighted by Gasteiger charge is -2.45. The van der Waals surface area contributed by atoms with Gasteiger partial charge in [-0.1, -0.05) is 30.3 Å². The number of carbonyl (C=O) groups excluding carboxylic acids is 4. The number of rotatable bonds is 6. The summed E-state index contributed by atoms with van der Waals surface area (Å²) < 4.78 is 24.6. The fourth-order valence-electron chi connectivity index (χ4n) is 5.27. The van der Waals surface area contributed by atoms with E-state index in [1.54, 1.807) is 17.0 Å². The van der Waals surface area contributed by atoms with Crippen molar-refractivity contribution in [1.82, 2.24) is 10.2 Å². The van der Waals surface area contributed by atoms with Crippen molar-refractivity contribution in [2.75, 3.05) is 30.8 Å². The molecule has 1 saturated heterocycles. The van der Waals surface area contributed by atoms with Gasteiger partial charge in [0.05, 0.1) is 19.3 Å². The molecule has 2 aliphatic heterocycles. The van der Waals surface area contributed by atoms with E-state index in [4.69, 9.17) is 4.74 Å². The number of hydrogen-bond acceptors (Lipinski definition) is 6. The number of benzene rings is 3. The van der Waals surface area contributed by atoms with Crippen LogP contribution in [0.25, 0.3) is 0 Å². The first kappa shape index (κ1) is 27.6. The molecule has 1 fully saturated rings. The molecule has 0 aromatic heterocycles. The van der Waals surface area contributed by atoms with Gasteiger partial charge in [-0.15, -0.1) is 0 Å². The van der Waals surface area contributed by atoms with Gasteiger partial charge < -0.3 is 19.7 Å². The molecule has 2 atom stereocenters. The second kappa shape index (κ2) is 11.7. The van der Waals surface area contributed by atoms with Crippen LogP contribution in [0.2, 0.25) is 0 Å². The molecule has 3 aromatic carbocycles. The van der Waals surface area contributed by atoms with Gasteiger partial charge in [0.15, 0.2) is 5.60 Å². The highest BCUT2D eigenvalue weighted by Gasteiger charge is 2.47. The van der Waals surface area contributed by atoms with E-state index in [1.807, 2.05) is 30.3 Å². The zero-order valence-corrected chi connectivity index (χ0v) is 22.3. The van der Waals surface area contributed by atoms with E-state index in [1.165, 1.54) is 37.4 Å². The molecule has 0 unspecified atom stereocenters. The van der Waals surface area contributed by atoms with Crippen LogP contribution in [-0.2, 0) is 26.3 Å². The Hall–Kier alpha value is -4.93. The van der Waals surface area contributed by atoms with Crippen LogP contribution in [0.15, 0.2) is 72.8 Å². The molecule has 2 heterocycles. The molecule has 5 rings (SSSR count). The van der Waals surface area contributed by atoms with E-state index in [-0.39, 0.29) is 24.4 Å². The van der Waals surface area contributed by atoms with E-state index in [9.17, 15) is 23.6 Å². The molecular weight excluding hydrogens is 531 g/mol. The van der Waals surface area contributed by atoms with Crippen molar-refractivity contribution in [3.05, 3.63) is 95.3 Å². The lowest BCUT2D eigenvalue weighted by Crippen LogP contribution is -2.57. The molecular formula is C30H29FN4O6. The summed E-state index contributed by atoms with van der Waals surface area (Å²) in [6, 6.07) is 18.6. The zero-order chi connectivity index (χ0) is 29.0. The Labute approximate surface area is 235 Å². The topological polar surface area (TPSA) is 126 Å².